The van der Waals surface area contributed by atoms with Crippen molar-refractivity contribution in [3.05, 3.63) is 0 Å². The van der Waals surface area contributed by atoms with Gasteiger partial charge in [0.1, 0.15) is 0 Å². The van der Waals surface area contributed by atoms with Crippen molar-refractivity contribution in [3.63, 3.8) is 0 Å². The Hall–Kier alpha value is 0.297. The van der Waals surface area contributed by atoms with Crippen LogP contribution in [0.2, 0.25) is 0 Å². The summed E-state index contributed by atoms with van der Waals surface area (Å²) in [7, 11) is -4.09. The van der Waals surface area contributed by atoms with Gasteiger partial charge in [-0.05, 0) is 12.8 Å². The van der Waals surface area contributed by atoms with Crippen molar-refractivity contribution in [2.45, 2.75) is 70.4 Å². The maximum atomic E-state index is 11.8. The Labute approximate surface area is 131 Å². The minimum Gasteiger partial charge on any atom is -0.748 e. The molecule has 0 unspecified atom stereocenters. The minimum atomic E-state index is -4.09. The second kappa shape index (κ2) is 11.9. The van der Waals surface area contributed by atoms with Crippen LogP contribution in [0.25, 0.3) is 0 Å². The summed E-state index contributed by atoms with van der Waals surface area (Å²) >= 11 is 0. The summed E-state index contributed by atoms with van der Waals surface area (Å²) in [6.45, 7) is 0. The first-order valence-corrected chi connectivity index (χ1v) is 8.29. The molecule has 0 saturated carbocycles. The van der Waals surface area contributed by atoms with Crippen molar-refractivity contribution >= 4 is 10.1 Å². The second-order valence-corrected chi connectivity index (χ2v) is 6.33. The Bertz CT molecular complexity index is 318. The number of hydrogen-bond acceptors (Lipinski definition) is 3. The van der Waals surface area contributed by atoms with Gasteiger partial charge in [0, 0.05) is 12.2 Å². The third-order valence-corrected chi connectivity index (χ3v) is 3.64. The third kappa shape index (κ3) is 20.6. The van der Waals surface area contributed by atoms with E-state index >= 15 is 0 Å². The van der Waals surface area contributed by atoms with Gasteiger partial charge in [-0.25, -0.2) is 8.42 Å². The standard InChI is InChI=1S/C12H23F3O3S.Li/c13-12(14,15)10-8-6-4-2-1-3-5-7-9-11-19(16,17)18;/h1-11H2,(H,16,17,18);/q;+1/p-1. The molecule has 0 aliphatic heterocycles. The predicted molar refractivity (Wildman–Crippen MR) is 66.8 cm³/mol. The maximum Gasteiger partial charge on any atom is 1.00 e. The van der Waals surface area contributed by atoms with Gasteiger partial charge < -0.3 is 4.55 Å². The van der Waals surface area contributed by atoms with E-state index in [1.807, 2.05) is 0 Å². The van der Waals surface area contributed by atoms with Crippen LogP contribution in [0.3, 0.4) is 0 Å². The van der Waals surface area contributed by atoms with Crippen LogP contribution >= 0.6 is 0 Å². The molecular formula is C12H22F3LiO3S. The van der Waals surface area contributed by atoms with Crippen molar-refractivity contribution in [3.8, 4) is 0 Å². The summed E-state index contributed by atoms with van der Waals surface area (Å²) in [6, 6.07) is 0. The molecule has 0 atom stereocenters. The molecule has 0 aromatic carbocycles. The number of unbranched alkanes of at least 4 members (excludes halogenated alkanes) is 8. The van der Waals surface area contributed by atoms with Crippen LogP contribution in [-0.4, -0.2) is 24.9 Å². The van der Waals surface area contributed by atoms with Crippen molar-refractivity contribution < 1.29 is 45.0 Å². The molecule has 0 heterocycles. The molecule has 0 fully saturated rings. The van der Waals surface area contributed by atoms with Crippen LogP contribution in [0.1, 0.15) is 64.2 Å². The van der Waals surface area contributed by atoms with E-state index in [9.17, 15) is 26.1 Å². The molecule has 0 amide bonds. The van der Waals surface area contributed by atoms with Crippen LogP contribution in [0.15, 0.2) is 0 Å². The smallest absolute Gasteiger partial charge is 0.748 e. The zero-order valence-electron chi connectivity index (χ0n) is 12.0. The molecular weight excluding hydrogens is 288 g/mol. The summed E-state index contributed by atoms with van der Waals surface area (Å²) in [5, 5.41) is 0. The van der Waals surface area contributed by atoms with E-state index in [0.29, 0.717) is 12.8 Å². The summed E-state index contributed by atoms with van der Waals surface area (Å²) < 4.78 is 66.4. The average molecular weight is 310 g/mol. The maximum absolute atomic E-state index is 11.8. The third-order valence-electron chi connectivity index (χ3n) is 2.85. The molecule has 116 valence electrons. The van der Waals surface area contributed by atoms with Crippen molar-refractivity contribution in [2.75, 3.05) is 5.75 Å². The monoisotopic (exact) mass is 310 g/mol. The van der Waals surface area contributed by atoms with Gasteiger partial charge in [0.2, 0.25) is 0 Å². The molecule has 0 aromatic rings. The number of rotatable bonds is 11. The van der Waals surface area contributed by atoms with Gasteiger partial charge in [-0.1, -0.05) is 44.9 Å². The molecule has 0 rings (SSSR count). The predicted octanol–water partition coefficient (Wildman–Crippen LogP) is 0.999. The van der Waals surface area contributed by atoms with Crippen LogP contribution in [0.4, 0.5) is 13.2 Å². The first-order chi connectivity index (χ1) is 8.71. The summed E-state index contributed by atoms with van der Waals surface area (Å²) in [4.78, 5) is 0. The second-order valence-electron chi connectivity index (χ2n) is 4.81. The summed E-state index contributed by atoms with van der Waals surface area (Å²) in [5.41, 5.74) is 0. The van der Waals surface area contributed by atoms with E-state index in [2.05, 4.69) is 0 Å². The Morgan fingerprint density at radius 1 is 0.750 bits per heavy atom. The molecule has 8 heteroatoms. The van der Waals surface area contributed by atoms with Gasteiger partial charge in [0.25, 0.3) is 0 Å². The first-order valence-electron chi connectivity index (χ1n) is 6.71. The van der Waals surface area contributed by atoms with E-state index in [-0.39, 0.29) is 31.0 Å². The Balaban J connectivity index is 0. The largest absolute Gasteiger partial charge is 1.00 e. The molecule has 0 N–H and O–H groups in total. The van der Waals surface area contributed by atoms with Crippen LogP contribution in [-0.2, 0) is 10.1 Å². The first kappa shape index (κ1) is 22.6. The minimum absolute atomic E-state index is 0. The molecule has 0 radical (unpaired) electrons. The average Bonchev–Trinajstić information content (AvgIpc) is 2.22. The molecule has 3 nitrogen and oxygen atoms in total. The van der Waals surface area contributed by atoms with E-state index in [0.717, 1.165) is 38.5 Å². The fraction of sp³-hybridized carbons (Fsp3) is 1.00. The van der Waals surface area contributed by atoms with Crippen molar-refractivity contribution in [1.82, 2.24) is 0 Å². The van der Waals surface area contributed by atoms with E-state index in [1.165, 1.54) is 0 Å². The molecule has 0 aliphatic rings. The molecule has 20 heavy (non-hydrogen) atoms. The van der Waals surface area contributed by atoms with Gasteiger partial charge in [0.05, 0.1) is 10.1 Å². The van der Waals surface area contributed by atoms with E-state index < -0.39 is 22.7 Å². The fourth-order valence-corrected chi connectivity index (χ4v) is 2.40. The number of halogens is 3. The van der Waals surface area contributed by atoms with Crippen molar-refractivity contribution in [1.29, 1.82) is 0 Å². The van der Waals surface area contributed by atoms with Crippen molar-refractivity contribution in [2.24, 2.45) is 0 Å². The molecule has 0 bridgehead atoms. The SMILES string of the molecule is O=S(=O)([O-])CCCCCCCCCCCC(F)(F)F.[Li+]. The van der Waals surface area contributed by atoms with Crippen LogP contribution in [0.5, 0.6) is 0 Å². The number of alkyl halides is 3. The summed E-state index contributed by atoms with van der Waals surface area (Å²) in [5.74, 6) is -0.301. The fourth-order valence-electron chi connectivity index (χ4n) is 1.84. The Morgan fingerprint density at radius 2 is 1.10 bits per heavy atom. The van der Waals surface area contributed by atoms with Gasteiger partial charge in [-0.2, -0.15) is 13.2 Å². The number of hydrogen-bond donors (Lipinski definition) is 0. The van der Waals surface area contributed by atoms with Crippen LogP contribution in [0, 0.1) is 0 Å². The summed E-state index contributed by atoms with van der Waals surface area (Å²) in [6.07, 6.45) is 1.68. The van der Waals surface area contributed by atoms with Gasteiger partial charge in [-0.15, -0.1) is 0 Å². The normalized spacial score (nSPS) is 12.2. The Morgan fingerprint density at radius 3 is 1.45 bits per heavy atom. The quantitative estimate of drug-likeness (QED) is 0.325. The molecule has 0 spiro atoms. The topological polar surface area (TPSA) is 57.2 Å². The molecule has 0 aliphatic carbocycles. The van der Waals surface area contributed by atoms with Gasteiger partial charge in [0.15, 0.2) is 0 Å². The van der Waals surface area contributed by atoms with Gasteiger partial charge in [-0.3, -0.25) is 0 Å². The van der Waals surface area contributed by atoms with E-state index in [1.54, 1.807) is 0 Å². The zero-order chi connectivity index (χ0) is 14.8. The van der Waals surface area contributed by atoms with Crippen LogP contribution < -0.4 is 18.9 Å². The molecule has 0 saturated heterocycles. The van der Waals surface area contributed by atoms with Gasteiger partial charge >= 0.3 is 25.0 Å². The van der Waals surface area contributed by atoms with E-state index in [4.69, 9.17) is 0 Å². The zero-order valence-corrected chi connectivity index (χ0v) is 12.9. The molecule has 0 aromatic heterocycles. The Kier molecular flexibility index (Phi) is 13.4.